The third-order valence-electron chi connectivity index (χ3n) is 3.56. The van der Waals surface area contributed by atoms with Gasteiger partial charge in [0, 0.05) is 24.3 Å². The number of hydrogen-bond acceptors (Lipinski definition) is 3. The SMILES string of the molecule is CCC(=O)Nc1ccc2c(c1)CCN2C(=O)c1cccs1. The molecule has 0 fully saturated rings. The maximum atomic E-state index is 12.4. The number of nitrogens with zero attached hydrogens (tertiary/aromatic N) is 1. The van der Waals surface area contributed by atoms with E-state index in [1.165, 1.54) is 11.3 Å². The van der Waals surface area contributed by atoms with Crippen LogP contribution in [-0.2, 0) is 11.2 Å². The highest BCUT2D eigenvalue weighted by Crippen LogP contribution is 2.32. The molecule has 0 unspecified atom stereocenters. The summed E-state index contributed by atoms with van der Waals surface area (Å²) in [6.45, 7) is 2.52. The molecule has 1 aliphatic rings. The summed E-state index contributed by atoms with van der Waals surface area (Å²) in [6.07, 6.45) is 1.28. The fourth-order valence-corrected chi connectivity index (χ4v) is 3.15. The van der Waals surface area contributed by atoms with Crippen LogP contribution in [0.15, 0.2) is 35.7 Å². The van der Waals surface area contributed by atoms with Crippen molar-refractivity contribution in [3.8, 4) is 0 Å². The van der Waals surface area contributed by atoms with Gasteiger partial charge in [-0.1, -0.05) is 13.0 Å². The van der Waals surface area contributed by atoms with Crippen molar-refractivity contribution in [3.63, 3.8) is 0 Å². The number of carbonyl (C=O) groups is 2. The predicted octanol–water partition coefficient (Wildman–Crippen LogP) is 3.30. The highest BCUT2D eigenvalue weighted by atomic mass is 32.1. The van der Waals surface area contributed by atoms with E-state index in [-0.39, 0.29) is 11.8 Å². The number of benzene rings is 1. The predicted molar refractivity (Wildman–Crippen MR) is 85.1 cm³/mol. The molecule has 1 aromatic heterocycles. The van der Waals surface area contributed by atoms with Gasteiger partial charge in [-0.15, -0.1) is 11.3 Å². The van der Waals surface area contributed by atoms with Crippen LogP contribution in [0.1, 0.15) is 28.6 Å². The lowest BCUT2D eigenvalue weighted by atomic mass is 10.1. The van der Waals surface area contributed by atoms with Gasteiger partial charge in [-0.3, -0.25) is 9.59 Å². The molecule has 5 heteroatoms. The number of amides is 2. The first-order valence-corrected chi connectivity index (χ1v) is 7.85. The van der Waals surface area contributed by atoms with Crippen LogP contribution in [0.2, 0.25) is 0 Å². The van der Waals surface area contributed by atoms with Gasteiger partial charge in [-0.2, -0.15) is 0 Å². The highest BCUT2D eigenvalue weighted by Gasteiger charge is 2.26. The molecule has 0 radical (unpaired) electrons. The van der Waals surface area contributed by atoms with Crippen LogP contribution in [0, 0.1) is 0 Å². The molecular formula is C16H16N2O2S. The van der Waals surface area contributed by atoms with Gasteiger partial charge in [0.05, 0.1) is 4.88 Å². The van der Waals surface area contributed by atoms with Gasteiger partial charge in [0.1, 0.15) is 0 Å². The van der Waals surface area contributed by atoms with Crippen LogP contribution in [0.4, 0.5) is 11.4 Å². The minimum absolute atomic E-state index is 0.000495. The number of hydrogen-bond donors (Lipinski definition) is 1. The summed E-state index contributed by atoms with van der Waals surface area (Å²) in [6, 6.07) is 9.47. The smallest absolute Gasteiger partial charge is 0.268 e. The Balaban J connectivity index is 1.83. The summed E-state index contributed by atoms with van der Waals surface area (Å²) >= 11 is 1.46. The van der Waals surface area contributed by atoms with Crippen LogP contribution in [-0.4, -0.2) is 18.4 Å². The van der Waals surface area contributed by atoms with Gasteiger partial charge in [0.15, 0.2) is 0 Å². The average molecular weight is 300 g/mol. The summed E-state index contributed by atoms with van der Waals surface area (Å²) in [5.74, 6) is 0.0496. The van der Waals surface area contributed by atoms with E-state index in [1.54, 1.807) is 0 Å². The molecule has 108 valence electrons. The number of fused-ring (bicyclic) bond motifs is 1. The standard InChI is InChI=1S/C16H16N2O2S/c1-2-15(19)17-12-5-6-13-11(10-12)7-8-18(13)16(20)14-4-3-9-21-14/h3-6,9-10H,2,7-8H2,1H3,(H,17,19). The van der Waals surface area contributed by atoms with Gasteiger partial charge in [-0.05, 0) is 41.6 Å². The third kappa shape index (κ3) is 2.69. The maximum Gasteiger partial charge on any atom is 0.268 e. The van der Waals surface area contributed by atoms with Gasteiger partial charge in [0.25, 0.3) is 5.91 Å². The van der Waals surface area contributed by atoms with Crippen molar-refractivity contribution in [2.24, 2.45) is 0 Å². The Hall–Kier alpha value is -2.14. The molecule has 21 heavy (non-hydrogen) atoms. The monoisotopic (exact) mass is 300 g/mol. The molecule has 0 spiro atoms. The lowest BCUT2D eigenvalue weighted by Crippen LogP contribution is -2.28. The summed E-state index contributed by atoms with van der Waals surface area (Å²) in [4.78, 5) is 26.4. The Morgan fingerprint density at radius 3 is 2.90 bits per heavy atom. The third-order valence-corrected chi connectivity index (χ3v) is 4.41. The molecule has 1 aliphatic heterocycles. The Labute approximate surface area is 127 Å². The Morgan fingerprint density at radius 1 is 1.33 bits per heavy atom. The van der Waals surface area contributed by atoms with E-state index in [2.05, 4.69) is 5.32 Å². The first kappa shape index (κ1) is 13.8. The Kier molecular flexibility index (Phi) is 3.75. The number of nitrogens with one attached hydrogen (secondary N) is 1. The molecule has 2 amide bonds. The second-order valence-electron chi connectivity index (χ2n) is 4.93. The fourth-order valence-electron chi connectivity index (χ4n) is 2.47. The van der Waals surface area contributed by atoms with Crippen LogP contribution in [0.5, 0.6) is 0 Å². The molecule has 0 aliphatic carbocycles. The Morgan fingerprint density at radius 2 is 2.19 bits per heavy atom. The van der Waals surface area contributed by atoms with Gasteiger partial charge >= 0.3 is 0 Å². The summed E-state index contributed by atoms with van der Waals surface area (Å²) < 4.78 is 0. The molecule has 0 atom stereocenters. The second-order valence-corrected chi connectivity index (χ2v) is 5.88. The zero-order valence-corrected chi connectivity index (χ0v) is 12.6. The van der Waals surface area contributed by atoms with Crippen LogP contribution >= 0.6 is 11.3 Å². The van der Waals surface area contributed by atoms with Crippen LogP contribution in [0.3, 0.4) is 0 Å². The van der Waals surface area contributed by atoms with E-state index < -0.39 is 0 Å². The first-order valence-electron chi connectivity index (χ1n) is 6.97. The van der Waals surface area contributed by atoms with Crippen LogP contribution < -0.4 is 10.2 Å². The summed E-state index contributed by atoms with van der Waals surface area (Å²) in [5, 5.41) is 4.76. The zero-order chi connectivity index (χ0) is 14.8. The summed E-state index contributed by atoms with van der Waals surface area (Å²) in [5.41, 5.74) is 2.85. The van der Waals surface area contributed by atoms with Crippen molar-refractivity contribution < 1.29 is 9.59 Å². The van der Waals surface area contributed by atoms with Crippen molar-refractivity contribution in [2.75, 3.05) is 16.8 Å². The van der Waals surface area contributed by atoms with Crippen molar-refractivity contribution in [1.82, 2.24) is 0 Å². The van der Waals surface area contributed by atoms with Crippen molar-refractivity contribution in [1.29, 1.82) is 0 Å². The molecule has 1 aromatic carbocycles. The van der Waals surface area contributed by atoms with Crippen molar-refractivity contribution in [3.05, 3.63) is 46.2 Å². The van der Waals surface area contributed by atoms with E-state index in [9.17, 15) is 9.59 Å². The minimum Gasteiger partial charge on any atom is -0.326 e. The van der Waals surface area contributed by atoms with Crippen molar-refractivity contribution in [2.45, 2.75) is 19.8 Å². The van der Waals surface area contributed by atoms with E-state index >= 15 is 0 Å². The molecule has 0 bridgehead atoms. The van der Waals surface area contributed by atoms with E-state index in [1.807, 2.05) is 47.5 Å². The van der Waals surface area contributed by atoms with Gasteiger partial charge < -0.3 is 10.2 Å². The lowest BCUT2D eigenvalue weighted by molar-refractivity contribution is -0.115. The molecular weight excluding hydrogens is 284 g/mol. The normalized spacial score (nSPS) is 13.1. The van der Waals surface area contributed by atoms with E-state index in [4.69, 9.17) is 0 Å². The molecule has 4 nitrogen and oxygen atoms in total. The quantitative estimate of drug-likeness (QED) is 0.945. The number of thiophene rings is 1. The lowest BCUT2D eigenvalue weighted by Gasteiger charge is -2.16. The molecule has 3 rings (SSSR count). The minimum atomic E-state index is -0.000495. The maximum absolute atomic E-state index is 12.4. The summed E-state index contributed by atoms with van der Waals surface area (Å²) in [7, 11) is 0. The molecule has 2 aromatic rings. The van der Waals surface area contributed by atoms with E-state index in [0.717, 1.165) is 28.2 Å². The number of anilines is 2. The largest absolute Gasteiger partial charge is 0.326 e. The molecule has 0 saturated carbocycles. The molecule has 2 heterocycles. The first-order chi connectivity index (χ1) is 10.2. The fraction of sp³-hybridized carbons (Fsp3) is 0.250. The van der Waals surface area contributed by atoms with Gasteiger partial charge in [-0.25, -0.2) is 0 Å². The van der Waals surface area contributed by atoms with Crippen LogP contribution in [0.25, 0.3) is 0 Å². The number of carbonyl (C=O) groups excluding carboxylic acids is 2. The topological polar surface area (TPSA) is 49.4 Å². The Bertz CT molecular complexity index is 680. The van der Waals surface area contributed by atoms with E-state index in [0.29, 0.717) is 13.0 Å². The van der Waals surface area contributed by atoms with Gasteiger partial charge in [0.2, 0.25) is 5.91 Å². The average Bonchev–Trinajstić information content (AvgIpc) is 3.15. The highest BCUT2D eigenvalue weighted by molar-refractivity contribution is 7.12. The van der Waals surface area contributed by atoms with Crippen molar-refractivity contribution >= 4 is 34.5 Å². The number of rotatable bonds is 3. The molecule has 0 saturated heterocycles. The zero-order valence-electron chi connectivity index (χ0n) is 11.8. The second kappa shape index (κ2) is 5.69. The molecule has 1 N–H and O–H groups in total.